The summed E-state index contributed by atoms with van der Waals surface area (Å²) >= 11 is 1.45. The fraction of sp³-hybridized carbons (Fsp3) is 0.143. The molecule has 0 aliphatic carbocycles. The van der Waals surface area contributed by atoms with Gasteiger partial charge in [0.25, 0.3) is 0 Å². The van der Waals surface area contributed by atoms with Gasteiger partial charge in [0.2, 0.25) is 17.7 Å². The van der Waals surface area contributed by atoms with Crippen LogP contribution >= 0.6 is 11.3 Å². The average Bonchev–Trinajstić information content (AvgIpc) is 3.49. The molecule has 5 rings (SSSR count). The molecule has 0 unspecified atom stereocenters. The number of methoxy groups -OCH3 is 1. The number of nitriles is 1. The number of para-hydroxylation sites is 1. The minimum atomic E-state index is -1.61. The quantitative estimate of drug-likeness (QED) is 0.604. The molecule has 4 heterocycles. The van der Waals surface area contributed by atoms with Crippen LogP contribution in [0.15, 0.2) is 53.2 Å². The van der Waals surface area contributed by atoms with E-state index in [2.05, 4.69) is 16.3 Å². The van der Waals surface area contributed by atoms with Crippen molar-refractivity contribution in [1.29, 1.82) is 5.26 Å². The van der Waals surface area contributed by atoms with Crippen molar-refractivity contribution in [3.8, 4) is 22.5 Å². The summed E-state index contributed by atoms with van der Waals surface area (Å²) in [5, 5.41) is 19.1. The number of aromatic amines is 1. The summed E-state index contributed by atoms with van der Waals surface area (Å²) in [6, 6.07) is 12.8. The lowest BCUT2D eigenvalue weighted by Crippen LogP contribution is -2.47. The van der Waals surface area contributed by atoms with Crippen LogP contribution in [0.2, 0.25) is 0 Å². The number of esters is 1. The van der Waals surface area contributed by atoms with Gasteiger partial charge in [-0.15, -0.1) is 16.4 Å². The zero-order valence-electron chi connectivity index (χ0n) is 16.2. The van der Waals surface area contributed by atoms with Crippen molar-refractivity contribution in [3.63, 3.8) is 0 Å². The Kier molecular flexibility index (Phi) is 4.09. The van der Waals surface area contributed by atoms with Crippen molar-refractivity contribution >= 4 is 28.9 Å². The van der Waals surface area contributed by atoms with Gasteiger partial charge < -0.3 is 15.2 Å². The van der Waals surface area contributed by atoms with Crippen molar-refractivity contribution < 1.29 is 19.1 Å². The molecule has 154 valence electrons. The molecule has 1 spiro atoms. The van der Waals surface area contributed by atoms with Gasteiger partial charge in [0.1, 0.15) is 23.6 Å². The molecule has 2 aliphatic rings. The first-order valence-electron chi connectivity index (χ1n) is 9.23. The fourth-order valence-electron chi connectivity index (χ4n) is 4.24. The zero-order valence-corrected chi connectivity index (χ0v) is 17.0. The maximum absolute atomic E-state index is 14.1. The number of carbonyl (C=O) groups excluding carboxylic acids is 2. The molecule has 31 heavy (non-hydrogen) atoms. The Morgan fingerprint density at radius 2 is 2.19 bits per heavy atom. The van der Waals surface area contributed by atoms with Crippen molar-refractivity contribution in [1.82, 2.24) is 10.2 Å². The topological polar surface area (TPSA) is 134 Å². The Balaban J connectivity index is 1.86. The van der Waals surface area contributed by atoms with Crippen LogP contribution in [0, 0.1) is 11.3 Å². The standard InChI is InChI=1S/C21H15N5O4S/c1-29-15(27)10-26-13-6-3-2-5-11(13)21(20(26)28)12(9-22)18(23)30-19-16(21)17(24-25-19)14-7-4-8-31-14/h2-8H,10,23H2,1H3,(H,24,25)/t21-/m0/s1. The molecule has 1 aromatic carbocycles. The highest BCUT2D eigenvalue weighted by atomic mass is 32.1. The van der Waals surface area contributed by atoms with Gasteiger partial charge in [0.05, 0.1) is 23.2 Å². The summed E-state index contributed by atoms with van der Waals surface area (Å²) < 4.78 is 10.4. The van der Waals surface area contributed by atoms with E-state index >= 15 is 0 Å². The van der Waals surface area contributed by atoms with Gasteiger partial charge in [-0.1, -0.05) is 24.3 Å². The number of nitrogens with one attached hydrogen (secondary N) is 1. The van der Waals surface area contributed by atoms with Gasteiger partial charge >= 0.3 is 5.97 Å². The van der Waals surface area contributed by atoms with Gasteiger partial charge in [0.15, 0.2) is 0 Å². The number of ether oxygens (including phenoxy) is 2. The summed E-state index contributed by atoms with van der Waals surface area (Å²) in [7, 11) is 1.25. The molecule has 1 atom stereocenters. The molecule has 2 aromatic heterocycles. The zero-order chi connectivity index (χ0) is 21.8. The highest BCUT2D eigenvalue weighted by Crippen LogP contribution is 2.57. The Labute approximate surface area is 180 Å². The molecule has 3 aromatic rings. The van der Waals surface area contributed by atoms with Crippen molar-refractivity contribution in [2.75, 3.05) is 18.6 Å². The second-order valence-electron chi connectivity index (χ2n) is 6.94. The number of amides is 1. The lowest BCUT2D eigenvalue weighted by Gasteiger charge is -2.32. The number of benzene rings is 1. The lowest BCUT2D eigenvalue weighted by atomic mass is 9.69. The van der Waals surface area contributed by atoms with E-state index in [1.165, 1.54) is 23.3 Å². The van der Waals surface area contributed by atoms with Gasteiger partial charge in [-0.3, -0.25) is 19.6 Å². The lowest BCUT2D eigenvalue weighted by molar-refractivity contribution is -0.140. The summed E-state index contributed by atoms with van der Waals surface area (Å²) in [6.07, 6.45) is 0. The van der Waals surface area contributed by atoms with E-state index in [1.54, 1.807) is 24.3 Å². The Morgan fingerprint density at radius 3 is 2.90 bits per heavy atom. The highest BCUT2D eigenvalue weighted by Gasteiger charge is 2.61. The third-order valence-electron chi connectivity index (χ3n) is 5.50. The van der Waals surface area contributed by atoms with E-state index in [-0.39, 0.29) is 23.9 Å². The minimum absolute atomic E-state index is 0.0518. The number of hydrogen-bond donors (Lipinski definition) is 2. The number of thiophene rings is 1. The van der Waals surface area contributed by atoms with E-state index < -0.39 is 17.3 Å². The van der Waals surface area contributed by atoms with Gasteiger partial charge in [-0.05, 0) is 17.5 Å². The predicted octanol–water partition coefficient (Wildman–Crippen LogP) is 2.03. The summed E-state index contributed by atoms with van der Waals surface area (Å²) in [4.78, 5) is 28.3. The first kappa shape index (κ1) is 18.9. The monoisotopic (exact) mass is 433 g/mol. The summed E-state index contributed by atoms with van der Waals surface area (Å²) in [6.45, 7) is -0.310. The van der Waals surface area contributed by atoms with E-state index in [4.69, 9.17) is 15.2 Å². The van der Waals surface area contributed by atoms with E-state index in [1.807, 2.05) is 17.5 Å². The van der Waals surface area contributed by atoms with Crippen LogP contribution in [0.5, 0.6) is 5.88 Å². The van der Waals surface area contributed by atoms with Crippen molar-refractivity contribution in [2.45, 2.75) is 5.41 Å². The number of hydrogen-bond acceptors (Lipinski definition) is 8. The van der Waals surface area contributed by atoms with E-state index in [0.717, 1.165) is 4.88 Å². The second kappa shape index (κ2) is 6.72. The summed E-state index contributed by atoms with van der Waals surface area (Å²) in [5.74, 6) is -1.18. The smallest absolute Gasteiger partial charge is 0.325 e. The number of rotatable bonds is 3. The molecule has 3 N–H and O–H groups in total. The highest BCUT2D eigenvalue weighted by molar-refractivity contribution is 7.13. The molecule has 0 fully saturated rings. The first-order chi connectivity index (χ1) is 15.0. The number of anilines is 1. The molecule has 0 saturated carbocycles. The SMILES string of the molecule is COC(=O)CN1C(=O)[C@]2(C(C#N)=C(N)Oc3n[nH]c(-c4cccs4)c32)c2ccccc21. The molecular formula is C21H15N5O4S. The maximum atomic E-state index is 14.1. The van der Waals surface area contributed by atoms with Crippen LogP contribution in [0.1, 0.15) is 11.1 Å². The van der Waals surface area contributed by atoms with Crippen LogP contribution in [0.4, 0.5) is 5.69 Å². The Morgan fingerprint density at radius 1 is 1.39 bits per heavy atom. The maximum Gasteiger partial charge on any atom is 0.325 e. The Bertz CT molecular complexity index is 1300. The van der Waals surface area contributed by atoms with Crippen LogP contribution in [0.3, 0.4) is 0 Å². The van der Waals surface area contributed by atoms with Crippen LogP contribution in [-0.2, 0) is 19.7 Å². The average molecular weight is 433 g/mol. The number of H-pyrrole nitrogens is 1. The number of carbonyl (C=O) groups is 2. The molecule has 1 amide bonds. The van der Waals surface area contributed by atoms with Gasteiger partial charge in [-0.2, -0.15) is 5.26 Å². The molecule has 10 heteroatoms. The number of nitrogens with zero attached hydrogens (tertiary/aromatic N) is 3. The van der Waals surface area contributed by atoms with Gasteiger partial charge in [-0.25, -0.2) is 0 Å². The second-order valence-corrected chi connectivity index (χ2v) is 7.89. The predicted molar refractivity (Wildman–Crippen MR) is 111 cm³/mol. The van der Waals surface area contributed by atoms with Crippen molar-refractivity contribution in [3.05, 3.63) is 64.4 Å². The van der Waals surface area contributed by atoms with Gasteiger partial charge in [0, 0.05) is 11.3 Å². The fourth-order valence-corrected chi connectivity index (χ4v) is 4.96. The van der Waals surface area contributed by atoms with Crippen molar-refractivity contribution in [2.24, 2.45) is 5.73 Å². The molecule has 0 radical (unpaired) electrons. The minimum Gasteiger partial charge on any atom is -0.468 e. The molecular weight excluding hydrogens is 418 g/mol. The van der Waals surface area contributed by atoms with Crippen LogP contribution in [0.25, 0.3) is 10.6 Å². The Hall–Kier alpha value is -4.10. The largest absolute Gasteiger partial charge is 0.468 e. The molecule has 9 nitrogen and oxygen atoms in total. The normalized spacial score (nSPS) is 19.1. The summed E-state index contributed by atoms with van der Waals surface area (Å²) in [5.41, 5.74) is 6.39. The molecule has 0 bridgehead atoms. The first-order valence-corrected chi connectivity index (χ1v) is 10.1. The number of nitrogens with two attached hydrogens (primary N) is 1. The number of fused-ring (bicyclic) bond motifs is 4. The molecule has 2 aliphatic heterocycles. The third kappa shape index (κ3) is 2.38. The molecule has 0 saturated heterocycles. The van der Waals surface area contributed by atoms with E-state index in [9.17, 15) is 14.9 Å². The number of aromatic nitrogens is 2. The van der Waals surface area contributed by atoms with Crippen LogP contribution < -0.4 is 15.4 Å². The van der Waals surface area contributed by atoms with Crippen LogP contribution in [-0.4, -0.2) is 35.7 Å². The van der Waals surface area contributed by atoms with E-state index in [0.29, 0.717) is 22.5 Å². The third-order valence-corrected chi connectivity index (χ3v) is 6.38.